The first-order valence-electron chi connectivity index (χ1n) is 9.70. The van der Waals surface area contributed by atoms with Crippen LogP contribution < -0.4 is 10.1 Å². The summed E-state index contributed by atoms with van der Waals surface area (Å²) in [4.78, 5) is 12.7. The maximum Gasteiger partial charge on any atom is 0.251 e. The fourth-order valence-electron chi connectivity index (χ4n) is 5.40. The molecule has 4 aliphatic carbocycles. The summed E-state index contributed by atoms with van der Waals surface area (Å²) in [6, 6.07) is 8.02. The second kappa shape index (κ2) is 6.42. The standard InChI is InChI=1S/C21H29NO2/c1-3-13(2)24-19-6-4-16(5-7-19)21(23)22-20-17-9-14-8-15(11-17)12-18(20)10-14/h4-7,13-15,17-18,20H,3,8-12H2,1-2H3,(H,22,23)/t13-,14?,15?,17?,18?,20?/m0/s1. The lowest BCUT2D eigenvalue weighted by molar-refractivity contribution is -0.0119. The van der Waals surface area contributed by atoms with Gasteiger partial charge in [-0.2, -0.15) is 0 Å². The van der Waals surface area contributed by atoms with Crippen LogP contribution in [0.4, 0.5) is 0 Å². The van der Waals surface area contributed by atoms with E-state index in [1.165, 1.54) is 32.1 Å². The van der Waals surface area contributed by atoms with E-state index in [0.717, 1.165) is 41.4 Å². The first-order chi connectivity index (χ1) is 11.6. The summed E-state index contributed by atoms with van der Waals surface area (Å²) >= 11 is 0. The topological polar surface area (TPSA) is 38.3 Å². The highest BCUT2D eigenvalue weighted by molar-refractivity contribution is 5.94. The van der Waals surface area contributed by atoms with Crippen molar-refractivity contribution in [3.05, 3.63) is 29.8 Å². The van der Waals surface area contributed by atoms with Crippen LogP contribution in [0.1, 0.15) is 62.7 Å². The van der Waals surface area contributed by atoms with Crippen LogP contribution in [0.25, 0.3) is 0 Å². The number of amides is 1. The second-order valence-corrected chi connectivity index (χ2v) is 8.29. The minimum Gasteiger partial charge on any atom is -0.491 e. The van der Waals surface area contributed by atoms with Gasteiger partial charge in [-0.05, 0) is 93.4 Å². The number of ether oxygens (including phenoxy) is 1. The molecule has 0 radical (unpaired) electrons. The first-order valence-corrected chi connectivity index (χ1v) is 9.70. The molecule has 1 N–H and O–H groups in total. The average Bonchev–Trinajstić information content (AvgIpc) is 2.58. The van der Waals surface area contributed by atoms with Crippen LogP contribution in [0.3, 0.4) is 0 Å². The van der Waals surface area contributed by atoms with Crippen molar-refractivity contribution in [2.75, 3.05) is 0 Å². The Morgan fingerprint density at radius 3 is 2.21 bits per heavy atom. The number of hydrogen-bond donors (Lipinski definition) is 1. The Balaban J connectivity index is 1.39. The van der Waals surface area contributed by atoms with Crippen molar-refractivity contribution in [2.45, 2.75) is 64.5 Å². The molecule has 130 valence electrons. The second-order valence-electron chi connectivity index (χ2n) is 8.29. The van der Waals surface area contributed by atoms with E-state index < -0.39 is 0 Å². The van der Waals surface area contributed by atoms with Crippen molar-refractivity contribution in [1.29, 1.82) is 0 Å². The van der Waals surface area contributed by atoms with Crippen molar-refractivity contribution in [2.24, 2.45) is 23.7 Å². The van der Waals surface area contributed by atoms with Crippen molar-refractivity contribution >= 4 is 5.91 Å². The van der Waals surface area contributed by atoms with Gasteiger partial charge >= 0.3 is 0 Å². The number of carbonyl (C=O) groups is 1. The Kier molecular flexibility index (Phi) is 4.28. The molecule has 4 aliphatic rings. The van der Waals surface area contributed by atoms with Gasteiger partial charge < -0.3 is 10.1 Å². The van der Waals surface area contributed by atoms with Crippen LogP contribution in [0.15, 0.2) is 24.3 Å². The fourth-order valence-corrected chi connectivity index (χ4v) is 5.40. The zero-order valence-corrected chi connectivity index (χ0v) is 14.8. The molecule has 1 atom stereocenters. The van der Waals surface area contributed by atoms with E-state index in [-0.39, 0.29) is 12.0 Å². The van der Waals surface area contributed by atoms with Gasteiger partial charge in [0.05, 0.1) is 6.10 Å². The lowest BCUT2D eigenvalue weighted by atomic mass is 9.54. The summed E-state index contributed by atoms with van der Waals surface area (Å²) in [6.07, 6.45) is 7.97. The monoisotopic (exact) mass is 327 g/mol. The van der Waals surface area contributed by atoms with E-state index in [9.17, 15) is 4.79 Å². The molecular formula is C21H29NO2. The fraction of sp³-hybridized carbons (Fsp3) is 0.667. The van der Waals surface area contributed by atoms with Gasteiger partial charge in [-0.15, -0.1) is 0 Å². The minimum absolute atomic E-state index is 0.0857. The summed E-state index contributed by atoms with van der Waals surface area (Å²) in [6.45, 7) is 4.17. The number of benzene rings is 1. The van der Waals surface area contributed by atoms with E-state index in [2.05, 4.69) is 19.2 Å². The highest BCUT2D eigenvalue weighted by Gasteiger charge is 2.48. The summed E-state index contributed by atoms with van der Waals surface area (Å²) in [5.74, 6) is 4.25. The molecule has 4 fully saturated rings. The molecule has 1 aromatic rings. The molecule has 0 saturated heterocycles. The molecular weight excluding hydrogens is 298 g/mol. The maximum atomic E-state index is 12.7. The molecule has 0 aliphatic heterocycles. The van der Waals surface area contributed by atoms with E-state index in [0.29, 0.717) is 6.04 Å². The maximum absolute atomic E-state index is 12.7. The molecule has 24 heavy (non-hydrogen) atoms. The smallest absolute Gasteiger partial charge is 0.251 e. The molecule has 3 nitrogen and oxygen atoms in total. The minimum atomic E-state index is 0.0857. The molecule has 4 saturated carbocycles. The lowest BCUT2D eigenvalue weighted by Gasteiger charge is -2.54. The van der Waals surface area contributed by atoms with E-state index in [1.54, 1.807) is 0 Å². The summed E-state index contributed by atoms with van der Waals surface area (Å²) in [5.41, 5.74) is 0.750. The van der Waals surface area contributed by atoms with Crippen LogP contribution in [0, 0.1) is 23.7 Å². The van der Waals surface area contributed by atoms with Crippen LogP contribution in [-0.2, 0) is 0 Å². The largest absolute Gasteiger partial charge is 0.491 e. The van der Waals surface area contributed by atoms with Gasteiger partial charge in [-0.25, -0.2) is 0 Å². The highest BCUT2D eigenvalue weighted by atomic mass is 16.5. The van der Waals surface area contributed by atoms with Crippen LogP contribution in [0.2, 0.25) is 0 Å². The van der Waals surface area contributed by atoms with Crippen molar-refractivity contribution in [3.8, 4) is 5.75 Å². The van der Waals surface area contributed by atoms with Gasteiger partial charge in [0.15, 0.2) is 0 Å². The van der Waals surface area contributed by atoms with Gasteiger partial charge in [-0.3, -0.25) is 4.79 Å². The quantitative estimate of drug-likeness (QED) is 0.869. The molecule has 4 bridgehead atoms. The Morgan fingerprint density at radius 2 is 1.67 bits per heavy atom. The van der Waals surface area contributed by atoms with E-state index in [1.807, 2.05) is 24.3 Å². The third kappa shape index (κ3) is 3.05. The predicted molar refractivity (Wildman–Crippen MR) is 95.1 cm³/mol. The van der Waals surface area contributed by atoms with Crippen molar-refractivity contribution in [1.82, 2.24) is 5.32 Å². The highest BCUT2D eigenvalue weighted by Crippen LogP contribution is 2.53. The normalized spacial score (nSPS) is 34.8. The number of nitrogens with one attached hydrogen (secondary N) is 1. The van der Waals surface area contributed by atoms with Gasteiger partial charge in [0.25, 0.3) is 5.91 Å². The van der Waals surface area contributed by atoms with Crippen molar-refractivity contribution < 1.29 is 9.53 Å². The van der Waals surface area contributed by atoms with Gasteiger partial charge in [0.2, 0.25) is 0 Å². The van der Waals surface area contributed by atoms with Crippen LogP contribution in [-0.4, -0.2) is 18.1 Å². The zero-order valence-electron chi connectivity index (χ0n) is 14.8. The molecule has 3 heteroatoms. The molecule has 1 aromatic carbocycles. The van der Waals surface area contributed by atoms with Gasteiger partial charge in [0.1, 0.15) is 5.75 Å². The van der Waals surface area contributed by atoms with E-state index >= 15 is 0 Å². The molecule has 5 rings (SSSR count). The van der Waals surface area contributed by atoms with Gasteiger partial charge in [-0.1, -0.05) is 6.92 Å². The molecule has 0 aromatic heterocycles. The number of hydrogen-bond acceptors (Lipinski definition) is 2. The molecule has 0 heterocycles. The molecule has 0 spiro atoms. The summed E-state index contributed by atoms with van der Waals surface area (Å²) in [7, 11) is 0. The predicted octanol–water partition coefficient (Wildman–Crippen LogP) is 4.42. The third-order valence-electron chi connectivity index (χ3n) is 6.55. The number of carbonyl (C=O) groups excluding carboxylic acids is 1. The van der Waals surface area contributed by atoms with Gasteiger partial charge in [0, 0.05) is 11.6 Å². The van der Waals surface area contributed by atoms with Crippen molar-refractivity contribution in [3.63, 3.8) is 0 Å². The van der Waals surface area contributed by atoms with E-state index in [4.69, 9.17) is 4.74 Å². The van der Waals surface area contributed by atoms with Crippen LogP contribution >= 0.6 is 0 Å². The average molecular weight is 327 g/mol. The Bertz CT molecular complexity index is 566. The SMILES string of the molecule is CC[C@H](C)Oc1ccc(C(=O)NC2C3CC4CC(C3)CC2C4)cc1. The zero-order chi connectivity index (χ0) is 16.7. The molecule has 1 amide bonds. The Hall–Kier alpha value is -1.51. The number of rotatable bonds is 5. The summed E-state index contributed by atoms with van der Waals surface area (Å²) < 4.78 is 5.79. The first kappa shape index (κ1) is 16.0. The summed E-state index contributed by atoms with van der Waals surface area (Å²) in [5, 5.41) is 3.37. The Labute approximate surface area is 145 Å². The lowest BCUT2D eigenvalue weighted by Crippen LogP contribution is -2.55. The van der Waals surface area contributed by atoms with Crippen LogP contribution in [0.5, 0.6) is 5.75 Å². The molecule has 0 unspecified atom stereocenters. The Morgan fingerprint density at radius 1 is 1.08 bits per heavy atom. The third-order valence-corrected chi connectivity index (χ3v) is 6.55.